The molecule has 0 aromatic heterocycles. The maximum atomic E-state index is 12.6. The molecule has 144 valence electrons. The summed E-state index contributed by atoms with van der Waals surface area (Å²) in [5, 5.41) is 11.7. The van der Waals surface area contributed by atoms with Crippen molar-refractivity contribution in [3.63, 3.8) is 0 Å². The number of carbonyl (C=O) groups is 2. The number of benzene rings is 2. The van der Waals surface area contributed by atoms with E-state index in [0.717, 1.165) is 17.7 Å². The van der Waals surface area contributed by atoms with E-state index >= 15 is 0 Å². The maximum Gasteiger partial charge on any atom is 0.416 e. The predicted molar refractivity (Wildman–Crippen MR) is 94.1 cm³/mol. The van der Waals surface area contributed by atoms with Gasteiger partial charge in [-0.1, -0.05) is 42.5 Å². The second kappa shape index (κ2) is 9.21. The molecule has 0 heterocycles. The summed E-state index contributed by atoms with van der Waals surface area (Å²) >= 11 is 0. The Morgan fingerprint density at radius 3 is 2.15 bits per heavy atom. The molecule has 7 heteroatoms. The fraction of sp³-hybridized carbons (Fsp3) is 0.300. The first-order chi connectivity index (χ1) is 12.7. The third kappa shape index (κ3) is 7.13. The van der Waals surface area contributed by atoms with Crippen molar-refractivity contribution in [3.8, 4) is 0 Å². The standard InChI is InChI=1S/C20H20F3NO3/c21-20(22,23)16-9-6-15(7-10-16)12-18(25)24-17(13-19(26)27)11-8-14-4-2-1-3-5-14/h1-7,9-10,17H,8,11-13H2,(H,24,25)(H,26,27)/t17-/m1/s1. The van der Waals surface area contributed by atoms with Gasteiger partial charge in [0.05, 0.1) is 18.4 Å². The number of rotatable bonds is 8. The minimum atomic E-state index is -4.43. The van der Waals surface area contributed by atoms with E-state index in [1.807, 2.05) is 30.3 Å². The zero-order valence-electron chi connectivity index (χ0n) is 14.5. The smallest absolute Gasteiger partial charge is 0.416 e. The Bertz CT molecular complexity index is 758. The first-order valence-electron chi connectivity index (χ1n) is 8.45. The number of carbonyl (C=O) groups excluding carboxylic acids is 1. The van der Waals surface area contributed by atoms with Gasteiger partial charge < -0.3 is 10.4 Å². The molecule has 2 aromatic rings. The first kappa shape index (κ1) is 20.5. The topological polar surface area (TPSA) is 66.4 Å². The van der Waals surface area contributed by atoms with Crippen LogP contribution in [0.2, 0.25) is 0 Å². The van der Waals surface area contributed by atoms with Crippen LogP contribution in [0.4, 0.5) is 13.2 Å². The predicted octanol–water partition coefficient (Wildman–Crippen LogP) is 3.84. The van der Waals surface area contributed by atoms with Crippen molar-refractivity contribution in [1.82, 2.24) is 5.32 Å². The highest BCUT2D eigenvalue weighted by Crippen LogP contribution is 2.29. The summed E-state index contributed by atoms with van der Waals surface area (Å²) < 4.78 is 37.7. The molecule has 4 nitrogen and oxygen atoms in total. The lowest BCUT2D eigenvalue weighted by Gasteiger charge is -2.17. The zero-order chi connectivity index (χ0) is 19.9. The summed E-state index contributed by atoms with van der Waals surface area (Å²) in [5.74, 6) is -1.45. The Morgan fingerprint density at radius 1 is 0.963 bits per heavy atom. The van der Waals surface area contributed by atoms with Gasteiger partial charge >= 0.3 is 12.1 Å². The quantitative estimate of drug-likeness (QED) is 0.732. The van der Waals surface area contributed by atoms with Crippen LogP contribution in [0.3, 0.4) is 0 Å². The van der Waals surface area contributed by atoms with Gasteiger partial charge in [0, 0.05) is 6.04 Å². The van der Waals surface area contributed by atoms with Crippen molar-refractivity contribution in [1.29, 1.82) is 0 Å². The van der Waals surface area contributed by atoms with Gasteiger partial charge in [0.2, 0.25) is 5.91 Å². The number of amides is 1. The van der Waals surface area contributed by atoms with Gasteiger partial charge in [0.15, 0.2) is 0 Å². The summed E-state index contributed by atoms with van der Waals surface area (Å²) in [6.45, 7) is 0. The summed E-state index contributed by atoms with van der Waals surface area (Å²) in [6, 6.07) is 13.3. The molecule has 0 fully saturated rings. The average molecular weight is 379 g/mol. The van der Waals surface area contributed by atoms with Crippen molar-refractivity contribution in [2.75, 3.05) is 0 Å². The monoisotopic (exact) mass is 379 g/mol. The highest BCUT2D eigenvalue weighted by atomic mass is 19.4. The Labute approximate surface area is 155 Å². The molecule has 0 spiro atoms. The maximum absolute atomic E-state index is 12.6. The van der Waals surface area contributed by atoms with E-state index in [1.54, 1.807) is 0 Å². The van der Waals surface area contributed by atoms with Gasteiger partial charge in [-0.3, -0.25) is 9.59 Å². The number of hydrogen-bond donors (Lipinski definition) is 2. The summed E-state index contributed by atoms with van der Waals surface area (Å²) in [7, 11) is 0. The van der Waals surface area contributed by atoms with Crippen LogP contribution in [0, 0.1) is 0 Å². The summed E-state index contributed by atoms with van der Waals surface area (Å²) in [6.07, 6.45) is -3.69. The van der Waals surface area contributed by atoms with Crippen LogP contribution in [0.1, 0.15) is 29.5 Å². The number of carboxylic acid groups (broad SMARTS) is 1. The van der Waals surface area contributed by atoms with E-state index in [1.165, 1.54) is 12.1 Å². The van der Waals surface area contributed by atoms with Crippen LogP contribution in [0.5, 0.6) is 0 Å². The summed E-state index contributed by atoms with van der Waals surface area (Å²) in [5.41, 5.74) is 0.681. The second-order valence-corrected chi connectivity index (χ2v) is 6.26. The number of nitrogens with one attached hydrogen (secondary N) is 1. The molecule has 2 N–H and O–H groups in total. The van der Waals surface area contributed by atoms with E-state index in [2.05, 4.69) is 5.32 Å². The normalized spacial score (nSPS) is 12.4. The number of aliphatic carboxylic acids is 1. The van der Waals surface area contributed by atoms with Gasteiger partial charge in [-0.25, -0.2) is 0 Å². The Balaban J connectivity index is 1.93. The molecule has 0 saturated carbocycles. The van der Waals surface area contributed by atoms with Gasteiger partial charge in [-0.2, -0.15) is 13.2 Å². The van der Waals surface area contributed by atoms with Gasteiger partial charge in [0.1, 0.15) is 0 Å². The molecule has 27 heavy (non-hydrogen) atoms. The fourth-order valence-corrected chi connectivity index (χ4v) is 2.70. The van der Waals surface area contributed by atoms with E-state index in [0.29, 0.717) is 18.4 Å². The number of alkyl halides is 3. The molecular weight excluding hydrogens is 359 g/mol. The lowest BCUT2D eigenvalue weighted by atomic mass is 10.0. The fourth-order valence-electron chi connectivity index (χ4n) is 2.70. The molecule has 0 radical (unpaired) electrons. The van der Waals surface area contributed by atoms with Crippen LogP contribution in [0.25, 0.3) is 0 Å². The van der Waals surface area contributed by atoms with Crippen LogP contribution in [0.15, 0.2) is 54.6 Å². The second-order valence-electron chi connectivity index (χ2n) is 6.26. The van der Waals surface area contributed by atoms with Crippen LogP contribution >= 0.6 is 0 Å². The zero-order valence-corrected chi connectivity index (χ0v) is 14.5. The minimum Gasteiger partial charge on any atom is -0.481 e. The lowest BCUT2D eigenvalue weighted by Crippen LogP contribution is -2.37. The molecule has 1 amide bonds. The molecule has 1 atom stereocenters. The van der Waals surface area contributed by atoms with E-state index in [9.17, 15) is 22.8 Å². The largest absolute Gasteiger partial charge is 0.481 e. The highest BCUT2D eigenvalue weighted by molar-refractivity contribution is 5.79. The third-order valence-electron chi connectivity index (χ3n) is 4.06. The van der Waals surface area contributed by atoms with E-state index < -0.39 is 29.7 Å². The molecule has 2 aromatic carbocycles. The van der Waals surface area contributed by atoms with Gasteiger partial charge in [-0.15, -0.1) is 0 Å². The van der Waals surface area contributed by atoms with E-state index in [4.69, 9.17) is 5.11 Å². The van der Waals surface area contributed by atoms with Crippen LogP contribution in [-0.2, 0) is 28.6 Å². The number of halogens is 3. The molecule has 0 aliphatic heterocycles. The highest BCUT2D eigenvalue weighted by Gasteiger charge is 2.30. The molecule has 2 rings (SSSR count). The molecule has 0 aliphatic carbocycles. The molecule has 0 aliphatic rings. The molecule has 0 bridgehead atoms. The molecule has 0 saturated heterocycles. The van der Waals surface area contributed by atoms with Gasteiger partial charge in [0.25, 0.3) is 0 Å². The Kier molecular flexibility index (Phi) is 6.98. The number of carboxylic acids is 1. The van der Waals surface area contributed by atoms with Crippen molar-refractivity contribution in [2.45, 2.75) is 37.9 Å². The van der Waals surface area contributed by atoms with Crippen molar-refractivity contribution < 1.29 is 27.9 Å². The Hall–Kier alpha value is -2.83. The lowest BCUT2D eigenvalue weighted by molar-refractivity contribution is -0.138. The van der Waals surface area contributed by atoms with Crippen molar-refractivity contribution >= 4 is 11.9 Å². The van der Waals surface area contributed by atoms with Crippen molar-refractivity contribution in [2.24, 2.45) is 0 Å². The SMILES string of the molecule is O=C(O)C[C@@H](CCc1ccccc1)NC(=O)Cc1ccc(C(F)(F)F)cc1. The van der Waals surface area contributed by atoms with Crippen LogP contribution < -0.4 is 5.32 Å². The first-order valence-corrected chi connectivity index (χ1v) is 8.45. The molecule has 0 unspecified atom stereocenters. The van der Waals surface area contributed by atoms with Crippen molar-refractivity contribution in [3.05, 3.63) is 71.3 Å². The third-order valence-corrected chi connectivity index (χ3v) is 4.06. The number of aryl methyl sites for hydroxylation is 1. The van der Waals surface area contributed by atoms with Gasteiger partial charge in [-0.05, 0) is 36.1 Å². The Morgan fingerprint density at radius 2 is 1.59 bits per heavy atom. The molecular formula is C20H20F3NO3. The average Bonchev–Trinajstić information content (AvgIpc) is 2.60. The minimum absolute atomic E-state index is 0.112. The van der Waals surface area contributed by atoms with E-state index in [-0.39, 0.29) is 12.8 Å². The number of hydrogen-bond acceptors (Lipinski definition) is 2. The summed E-state index contributed by atoms with van der Waals surface area (Å²) in [4.78, 5) is 23.2. The van der Waals surface area contributed by atoms with Crippen LogP contribution in [-0.4, -0.2) is 23.0 Å².